The predicted octanol–water partition coefficient (Wildman–Crippen LogP) is 2.42. The Morgan fingerprint density at radius 1 is 0.800 bits per heavy atom. The molecule has 1 aliphatic carbocycles. The number of aromatic nitrogens is 2. The molecule has 0 saturated carbocycles. The van der Waals surface area contributed by atoms with Gasteiger partial charge in [-0.1, -0.05) is 54.6 Å². The molecule has 4 aromatic rings. The van der Waals surface area contributed by atoms with E-state index in [4.69, 9.17) is 4.74 Å². The first-order valence-electron chi connectivity index (χ1n) is 10.7. The molecule has 1 aliphatic rings. The van der Waals surface area contributed by atoms with Crippen molar-refractivity contribution in [2.24, 2.45) is 0 Å². The van der Waals surface area contributed by atoms with Crippen LogP contribution in [0.5, 0.6) is 0 Å². The predicted molar refractivity (Wildman–Crippen MR) is 125 cm³/mol. The summed E-state index contributed by atoms with van der Waals surface area (Å²) >= 11 is 0. The highest BCUT2D eigenvalue weighted by atomic mass is 16.5. The lowest BCUT2D eigenvalue weighted by molar-refractivity contribution is -0.146. The zero-order valence-electron chi connectivity index (χ0n) is 18.2. The molecule has 35 heavy (non-hydrogen) atoms. The van der Waals surface area contributed by atoms with E-state index in [2.05, 4.69) is 15.5 Å². The summed E-state index contributed by atoms with van der Waals surface area (Å²) in [7, 11) is 0. The average molecular weight is 467 g/mol. The first-order chi connectivity index (χ1) is 16.9. The van der Waals surface area contributed by atoms with E-state index in [0.29, 0.717) is 22.0 Å². The van der Waals surface area contributed by atoms with Crippen LogP contribution < -0.4 is 10.9 Å². The fourth-order valence-corrected chi connectivity index (χ4v) is 4.08. The van der Waals surface area contributed by atoms with Gasteiger partial charge in [0.1, 0.15) is 0 Å². The van der Waals surface area contributed by atoms with Crippen molar-refractivity contribution in [1.82, 2.24) is 10.2 Å². The second-order valence-electron chi connectivity index (χ2n) is 7.86. The van der Waals surface area contributed by atoms with Crippen LogP contribution in [0.25, 0.3) is 10.8 Å². The Morgan fingerprint density at radius 3 is 2.23 bits per heavy atom. The Morgan fingerprint density at radius 2 is 1.46 bits per heavy atom. The monoisotopic (exact) mass is 467 g/mol. The van der Waals surface area contributed by atoms with Crippen molar-refractivity contribution in [2.75, 3.05) is 11.9 Å². The largest absolute Gasteiger partial charge is 0.455 e. The number of nitrogens with zero attached hydrogens (tertiary/aromatic N) is 1. The summed E-state index contributed by atoms with van der Waals surface area (Å²) in [6.45, 7) is -0.609. The first kappa shape index (κ1) is 21.9. The van der Waals surface area contributed by atoms with Crippen LogP contribution in [0.1, 0.15) is 37.5 Å². The van der Waals surface area contributed by atoms with E-state index >= 15 is 0 Å². The third-order valence-electron chi connectivity index (χ3n) is 5.68. The second-order valence-corrected chi connectivity index (χ2v) is 7.86. The van der Waals surface area contributed by atoms with Crippen molar-refractivity contribution in [1.29, 1.82) is 0 Å². The van der Waals surface area contributed by atoms with Gasteiger partial charge in [-0.05, 0) is 12.1 Å². The van der Waals surface area contributed by atoms with E-state index in [1.807, 2.05) is 0 Å². The highest BCUT2D eigenvalue weighted by molar-refractivity contribution is 6.30. The third kappa shape index (κ3) is 3.99. The topological polar surface area (TPSA) is 135 Å². The van der Waals surface area contributed by atoms with E-state index in [0.717, 1.165) is 0 Å². The first-order valence-corrected chi connectivity index (χ1v) is 10.7. The number of amides is 1. The van der Waals surface area contributed by atoms with Crippen molar-refractivity contribution in [3.63, 3.8) is 0 Å². The Hall–Kier alpha value is -4.92. The summed E-state index contributed by atoms with van der Waals surface area (Å²) in [6, 6.07) is 17.8. The van der Waals surface area contributed by atoms with Gasteiger partial charge in [-0.15, -0.1) is 0 Å². The van der Waals surface area contributed by atoms with E-state index in [9.17, 15) is 24.0 Å². The molecule has 0 atom stereocenters. The molecule has 1 heterocycles. The number of rotatable bonds is 5. The molecule has 0 spiro atoms. The van der Waals surface area contributed by atoms with Crippen molar-refractivity contribution >= 4 is 39.9 Å². The van der Waals surface area contributed by atoms with Crippen LogP contribution in [0, 0.1) is 0 Å². The number of nitrogens with one attached hydrogen (secondary N) is 2. The van der Waals surface area contributed by atoms with Gasteiger partial charge in [0.05, 0.1) is 28.8 Å². The highest BCUT2D eigenvalue weighted by Crippen LogP contribution is 2.31. The lowest BCUT2D eigenvalue weighted by Gasteiger charge is -2.20. The number of ether oxygens (including phenoxy) is 1. The molecule has 0 aliphatic heterocycles. The molecule has 9 nitrogen and oxygen atoms in total. The van der Waals surface area contributed by atoms with Gasteiger partial charge in [-0.3, -0.25) is 24.0 Å². The number of hydrogen-bond donors (Lipinski definition) is 2. The van der Waals surface area contributed by atoms with Gasteiger partial charge < -0.3 is 10.1 Å². The Kier molecular flexibility index (Phi) is 5.50. The fraction of sp³-hybridized carbons (Fsp3) is 0.0769. The lowest BCUT2D eigenvalue weighted by atomic mass is 9.83. The highest BCUT2D eigenvalue weighted by Gasteiger charge is 2.31. The smallest absolute Gasteiger partial charge is 0.312 e. The summed E-state index contributed by atoms with van der Waals surface area (Å²) in [4.78, 5) is 62.6. The summed E-state index contributed by atoms with van der Waals surface area (Å²) < 4.78 is 5.07. The Labute approximate surface area is 197 Å². The van der Waals surface area contributed by atoms with E-state index in [-0.39, 0.29) is 45.9 Å². The number of carbonyl (C=O) groups is 4. The molecule has 5 rings (SSSR count). The van der Waals surface area contributed by atoms with Crippen LogP contribution in [0.15, 0.2) is 71.5 Å². The number of ketones is 2. The van der Waals surface area contributed by atoms with Crippen molar-refractivity contribution in [2.45, 2.75) is 6.42 Å². The van der Waals surface area contributed by atoms with Gasteiger partial charge in [0.15, 0.2) is 18.2 Å². The number of H-pyrrole nitrogens is 1. The summed E-state index contributed by atoms with van der Waals surface area (Å²) in [5.41, 5.74) is 0.956. The zero-order valence-corrected chi connectivity index (χ0v) is 18.2. The summed E-state index contributed by atoms with van der Waals surface area (Å²) in [6.07, 6.45) is -0.255. The minimum atomic E-state index is -0.722. The number of benzene rings is 3. The van der Waals surface area contributed by atoms with E-state index in [1.54, 1.807) is 54.6 Å². The molecule has 1 aromatic heterocycles. The van der Waals surface area contributed by atoms with Crippen LogP contribution in [0.4, 0.5) is 5.69 Å². The number of fused-ring (bicyclic) bond motifs is 3. The van der Waals surface area contributed by atoms with Gasteiger partial charge in [-0.25, -0.2) is 5.10 Å². The van der Waals surface area contributed by atoms with Crippen LogP contribution in [0.2, 0.25) is 0 Å². The fourth-order valence-electron chi connectivity index (χ4n) is 4.08. The summed E-state index contributed by atoms with van der Waals surface area (Å²) in [5.74, 6) is -2.08. The molecule has 0 saturated heterocycles. The SMILES string of the molecule is O=C(COC(=O)Cc1n[nH]c(=O)c2ccccc12)Nc1cccc2c1C(=O)c1ccccc1C2=O. The maximum Gasteiger partial charge on any atom is 0.312 e. The average Bonchev–Trinajstić information content (AvgIpc) is 2.88. The molecule has 2 N–H and O–H groups in total. The number of hydrogen-bond acceptors (Lipinski definition) is 7. The minimum Gasteiger partial charge on any atom is -0.455 e. The maximum absolute atomic E-state index is 13.0. The molecule has 9 heteroatoms. The number of carbonyl (C=O) groups excluding carboxylic acids is 4. The molecular weight excluding hydrogens is 450 g/mol. The number of anilines is 1. The van der Waals surface area contributed by atoms with Gasteiger partial charge in [0.25, 0.3) is 11.5 Å². The quantitative estimate of drug-likeness (QED) is 0.379. The minimum absolute atomic E-state index is 0.0970. The van der Waals surface area contributed by atoms with Crippen molar-refractivity contribution < 1.29 is 23.9 Å². The van der Waals surface area contributed by atoms with Crippen LogP contribution >= 0.6 is 0 Å². The van der Waals surface area contributed by atoms with Gasteiger partial charge in [-0.2, -0.15) is 5.10 Å². The van der Waals surface area contributed by atoms with Crippen molar-refractivity contribution in [3.05, 3.63) is 105 Å². The molecule has 0 radical (unpaired) electrons. The molecule has 1 amide bonds. The Balaban J connectivity index is 1.29. The zero-order chi connectivity index (χ0) is 24.5. The van der Waals surface area contributed by atoms with Crippen LogP contribution in [-0.4, -0.2) is 40.2 Å². The Bertz CT molecular complexity index is 1600. The van der Waals surface area contributed by atoms with Gasteiger partial charge >= 0.3 is 5.97 Å². The molecule has 0 unspecified atom stereocenters. The van der Waals surface area contributed by atoms with Crippen molar-refractivity contribution in [3.8, 4) is 0 Å². The van der Waals surface area contributed by atoms with E-state index < -0.39 is 18.5 Å². The molecule has 172 valence electrons. The maximum atomic E-state index is 13.0. The third-order valence-corrected chi connectivity index (χ3v) is 5.68. The van der Waals surface area contributed by atoms with Crippen LogP contribution in [-0.2, 0) is 20.7 Å². The standard InChI is InChI=1S/C26H17N3O6/c30-21(13-35-22(31)12-20-14-6-1-4-9-17(14)26(34)29-28-20)27-19-11-5-10-18-23(19)25(33)16-8-3-2-7-15(16)24(18)32/h1-11H,12-13H2,(H,27,30)(H,29,34). The molecule has 0 bridgehead atoms. The number of esters is 1. The molecule has 0 fully saturated rings. The van der Waals surface area contributed by atoms with Gasteiger partial charge in [0, 0.05) is 22.1 Å². The van der Waals surface area contributed by atoms with E-state index in [1.165, 1.54) is 12.1 Å². The second kappa shape index (κ2) is 8.79. The van der Waals surface area contributed by atoms with Gasteiger partial charge in [0.2, 0.25) is 0 Å². The normalized spacial score (nSPS) is 12.1. The summed E-state index contributed by atoms with van der Waals surface area (Å²) in [5, 5.41) is 9.71. The molecule has 3 aromatic carbocycles. The number of aromatic amines is 1. The molecular formula is C26H17N3O6. The lowest BCUT2D eigenvalue weighted by Crippen LogP contribution is -2.26. The van der Waals surface area contributed by atoms with Crippen LogP contribution in [0.3, 0.4) is 0 Å².